The van der Waals surface area contributed by atoms with Gasteiger partial charge in [-0.1, -0.05) is 0 Å². The standard InChI is InChI=1S/C10H12N4O/c1-2-4-7(3-1)15-10-8-9(12-5-11-8)13-6-14-10/h5-7H,1-4H2,(H,11,12,13,14). The quantitative estimate of drug-likeness (QED) is 0.808. The van der Waals surface area contributed by atoms with E-state index in [1.165, 1.54) is 19.2 Å². The Morgan fingerprint density at radius 3 is 2.93 bits per heavy atom. The van der Waals surface area contributed by atoms with Gasteiger partial charge in [-0.25, -0.2) is 9.97 Å². The minimum atomic E-state index is 0.311. The summed E-state index contributed by atoms with van der Waals surface area (Å²) in [7, 11) is 0. The fourth-order valence-electron chi connectivity index (χ4n) is 2.00. The molecule has 15 heavy (non-hydrogen) atoms. The van der Waals surface area contributed by atoms with E-state index in [0.717, 1.165) is 18.4 Å². The summed E-state index contributed by atoms with van der Waals surface area (Å²) in [6, 6.07) is 0. The van der Waals surface area contributed by atoms with Gasteiger partial charge in [0.25, 0.3) is 0 Å². The molecule has 1 N–H and O–H groups in total. The van der Waals surface area contributed by atoms with E-state index in [0.29, 0.717) is 17.6 Å². The Morgan fingerprint density at radius 2 is 2.07 bits per heavy atom. The van der Waals surface area contributed by atoms with E-state index in [1.807, 2.05) is 0 Å². The summed E-state index contributed by atoms with van der Waals surface area (Å²) in [4.78, 5) is 15.2. The van der Waals surface area contributed by atoms with E-state index >= 15 is 0 Å². The number of hydrogen-bond acceptors (Lipinski definition) is 4. The monoisotopic (exact) mass is 204 g/mol. The average molecular weight is 204 g/mol. The van der Waals surface area contributed by atoms with Crippen molar-refractivity contribution in [3.63, 3.8) is 0 Å². The Kier molecular flexibility index (Phi) is 2.01. The molecule has 2 aromatic heterocycles. The lowest BCUT2D eigenvalue weighted by atomic mass is 10.3. The number of nitrogens with one attached hydrogen (secondary N) is 1. The van der Waals surface area contributed by atoms with Crippen LogP contribution in [0.5, 0.6) is 5.88 Å². The van der Waals surface area contributed by atoms with E-state index < -0.39 is 0 Å². The number of imidazole rings is 1. The highest BCUT2D eigenvalue weighted by Gasteiger charge is 2.18. The van der Waals surface area contributed by atoms with E-state index in [4.69, 9.17) is 4.74 Å². The van der Waals surface area contributed by atoms with Gasteiger partial charge >= 0.3 is 0 Å². The second-order valence-electron chi connectivity index (χ2n) is 3.80. The second kappa shape index (κ2) is 3.49. The van der Waals surface area contributed by atoms with Crippen molar-refractivity contribution in [1.29, 1.82) is 0 Å². The van der Waals surface area contributed by atoms with Crippen LogP contribution in [0.1, 0.15) is 25.7 Å². The summed E-state index contributed by atoms with van der Waals surface area (Å²) in [5.74, 6) is 0.629. The maximum Gasteiger partial charge on any atom is 0.243 e. The first-order valence-electron chi connectivity index (χ1n) is 5.24. The van der Waals surface area contributed by atoms with Gasteiger partial charge in [-0.05, 0) is 25.7 Å². The van der Waals surface area contributed by atoms with E-state index in [-0.39, 0.29) is 0 Å². The molecule has 0 aromatic carbocycles. The molecule has 1 saturated carbocycles. The van der Waals surface area contributed by atoms with E-state index in [9.17, 15) is 0 Å². The molecule has 5 nitrogen and oxygen atoms in total. The van der Waals surface area contributed by atoms with Crippen LogP contribution in [0, 0.1) is 0 Å². The highest BCUT2D eigenvalue weighted by atomic mass is 16.5. The normalized spacial score (nSPS) is 17.3. The molecule has 0 bridgehead atoms. The molecule has 1 aliphatic rings. The van der Waals surface area contributed by atoms with E-state index in [2.05, 4.69) is 19.9 Å². The zero-order valence-corrected chi connectivity index (χ0v) is 8.31. The first kappa shape index (κ1) is 8.64. The van der Waals surface area contributed by atoms with Gasteiger partial charge in [0.15, 0.2) is 5.65 Å². The van der Waals surface area contributed by atoms with Crippen LogP contribution < -0.4 is 4.74 Å². The van der Waals surface area contributed by atoms with Gasteiger partial charge in [-0.3, -0.25) is 0 Å². The third-order valence-corrected chi connectivity index (χ3v) is 2.77. The van der Waals surface area contributed by atoms with Crippen molar-refractivity contribution in [2.24, 2.45) is 0 Å². The van der Waals surface area contributed by atoms with Crippen molar-refractivity contribution in [2.75, 3.05) is 0 Å². The van der Waals surface area contributed by atoms with Crippen LogP contribution in [0.4, 0.5) is 0 Å². The number of nitrogens with zero attached hydrogens (tertiary/aromatic N) is 3. The van der Waals surface area contributed by atoms with Crippen molar-refractivity contribution in [3.05, 3.63) is 12.7 Å². The summed E-state index contributed by atoms with van der Waals surface area (Å²) in [6.45, 7) is 0. The summed E-state index contributed by atoms with van der Waals surface area (Å²) in [6.07, 6.45) is 8.17. The Bertz CT molecular complexity index is 461. The lowest BCUT2D eigenvalue weighted by molar-refractivity contribution is 0.204. The Labute approximate surface area is 86.9 Å². The zero-order valence-electron chi connectivity index (χ0n) is 8.31. The van der Waals surface area contributed by atoms with Gasteiger partial charge in [-0.15, -0.1) is 0 Å². The number of H-pyrrole nitrogens is 1. The Morgan fingerprint density at radius 1 is 1.20 bits per heavy atom. The van der Waals surface area contributed by atoms with E-state index in [1.54, 1.807) is 6.33 Å². The molecule has 78 valence electrons. The van der Waals surface area contributed by atoms with Gasteiger partial charge < -0.3 is 9.72 Å². The molecule has 0 atom stereocenters. The maximum absolute atomic E-state index is 5.82. The van der Waals surface area contributed by atoms with Crippen LogP contribution in [-0.2, 0) is 0 Å². The largest absolute Gasteiger partial charge is 0.473 e. The summed E-state index contributed by atoms with van der Waals surface area (Å²) in [5.41, 5.74) is 1.46. The minimum Gasteiger partial charge on any atom is -0.473 e. The third-order valence-electron chi connectivity index (χ3n) is 2.77. The van der Waals surface area contributed by atoms with Gasteiger partial charge in [0, 0.05) is 0 Å². The first-order valence-corrected chi connectivity index (χ1v) is 5.24. The fourth-order valence-corrected chi connectivity index (χ4v) is 2.00. The molecule has 0 aliphatic heterocycles. The Balaban J connectivity index is 1.92. The van der Waals surface area contributed by atoms with Gasteiger partial charge in [0.1, 0.15) is 17.9 Å². The van der Waals surface area contributed by atoms with Crippen LogP contribution in [0.25, 0.3) is 11.2 Å². The van der Waals surface area contributed by atoms with Crippen molar-refractivity contribution < 1.29 is 4.74 Å². The molecular formula is C10H12N4O. The molecule has 2 heterocycles. The highest BCUT2D eigenvalue weighted by Crippen LogP contribution is 2.25. The Hall–Kier alpha value is -1.65. The third kappa shape index (κ3) is 1.54. The molecule has 0 radical (unpaired) electrons. The molecule has 0 amide bonds. The lowest BCUT2D eigenvalue weighted by Gasteiger charge is -2.11. The molecule has 0 unspecified atom stereocenters. The predicted molar refractivity (Wildman–Crippen MR) is 54.6 cm³/mol. The van der Waals surface area contributed by atoms with Gasteiger partial charge in [0.2, 0.25) is 5.88 Å². The zero-order chi connectivity index (χ0) is 10.1. The predicted octanol–water partition coefficient (Wildman–Crippen LogP) is 1.67. The number of aromatic amines is 1. The van der Waals surface area contributed by atoms with Crippen LogP contribution in [0.15, 0.2) is 12.7 Å². The van der Waals surface area contributed by atoms with Gasteiger partial charge in [0.05, 0.1) is 6.33 Å². The summed E-state index contributed by atoms with van der Waals surface area (Å²) < 4.78 is 5.82. The SMILES string of the molecule is c1nc(OC2CCCC2)c2[nH]cnc2n1. The fraction of sp³-hybridized carbons (Fsp3) is 0.500. The lowest BCUT2D eigenvalue weighted by Crippen LogP contribution is -2.12. The number of ether oxygens (including phenoxy) is 1. The van der Waals surface area contributed by atoms with Crippen molar-refractivity contribution in [2.45, 2.75) is 31.8 Å². The number of aromatic nitrogens is 4. The molecule has 0 saturated heterocycles. The summed E-state index contributed by atoms with van der Waals surface area (Å²) in [5, 5.41) is 0. The molecular weight excluding hydrogens is 192 g/mol. The smallest absolute Gasteiger partial charge is 0.243 e. The maximum atomic E-state index is 5.82. The molecule has 1 aliphatic carbocycles. The number of fused-ring (bicyclic) bond motifs is 1. The van der Waals surface area contributed by atoms with Crippen molar-refractivity contribution in [3.8, 4) is 5.88 Å². The average Bonchev–Trinajstić information content (AvgIpc) is 2.87. The van der Waals surface area contributed by atoms with Crippen molar-refractivity contribution in [1.82, 2.24) is 19.9 Å². The number of rotatable bonds is 2. The van der Waals surface area contributed by atoms with Crippen LogP contribution in [0.2, 0.25) is 0 Å². The van der Waals surface area contributed by atoms with Crippen LogP contribution >= 0.6 is 0 Å². The van der Waals surface area contributed by atoms with Crippen LogP contribution in [-0.4, -0.2) is 26.0 Å². The highest BCUT2D eigenvalue weighted by molar-refractivity contribution is 5.74. The molecule has 1 fully saturated rings. The first-order chi connectivity index (χ1) is 7.43. The molecule has 2 aromatic rings. The topological polar surface area (TPSA) is 63.7 Å². The van der Waals surface area contributed by atoms with Crippen LogP contribution in [0.3, 0.4) is 0 Å². The second-order valence-corrected chi connectivity index (χ2v) is 3.80. The summed E-state index contributed by atoms with van der Waals surface area (Å²) >= 11 is 0. The molecule has 3 rings (SSSR count). The number of hydrogen-bond donors (Lipinski definition) is 1. The van der Waals surface area contributed by atoms with Crippen molar-refractivity contribution >= 4 is 11.2 Å². The molecule has 0 spiro atoms. The van der Waals surface area contributed by atoms with Gasteiger partial charge in [-0.2, -0.15) is 4.98 Å². The molecule has 5 heteroatoms. The minimum absolute atomic E-state index is 0.311.